The third kappa shape index (κ3) is 3.26. The molecule has 2 N–H and O–H groups in total. The van der Waals surface area contributed by atoms with Gasteiger partial charge >= 0.3 is 5.97 Å². The third-order valence-corrected chi connectivity index (χ3v) is 3.77. The van der Waals surface area contributed by atoms with Gasteiger partial charge in [0.05, 0.1) is 12.1 Å². The van der Waals surface area contributed by atoms with Crippen molar-refractivity contribution in [2.45, 2.75) is 25.0 Å². The fourth-order valence-electron chi connectivity index (χ4n) is 2.71. The molecule has 0 amide bonds. The Kier molecular flexibility index (Phi) is 4.34. The van der Waals surface area contributed by atoms with Crippen LogP contribution in [0, 0.1) is 0 Å². The van der Waals surface area contributed by atoms with Gasteiger partial charge in [0.15, 0.2) is 5.69 Å². The highest BCUT2D eigenvalue weighted by Crippen LogP contribution is 2.29. The first-order valence-corrected chi connectivity index (χ1v) is 7.37. The highest BCUT2D eigenvalue weighted by molar-refractivity contribution is 5.85. The van der Waals surface area contributed by atoms with Crippen LogP contribution in [0.15, 0.2) is 48.5 Å². The highest BCUT2D eigenvalue weighted by atomic mass is 16.5. The van der Waals surface area contributed by atoms with Crippen LogP contribution in [0.3, 0.4) is 0 Å². The molecular weight excluding hydrogens is 280 g/mol. The molecular formula is C17H18N2O3. The van der Waals surface area contributed by atoms with Crippen LogP contribution in [-0.4, -0.2) is 28.8 Å². The number of benzene rings is 1. The molecule has 1 aliphatic rings. The van der Waals surface area contributed by atoms with Gasteiger partial charge in [-0.3, -0.25) is 0 Å². The van der Waals surface area contributed by atoms with E-state index in [1.54, 1.807) is 12.1 Å². The van der Waals surface area contributed by atoms with E-state index in [-0.39, 0.29) is 17.8 Å². The zero-order valence-electron chi connectivity index (χ0n) is 12.1. The standard InChI is InChI=1S/C17H18N2O3/c20-17(21)13-8-4-10-15(18-13)19-16(14-9-5-11-22-14)12-6-2-1-3-7-12/h1-4,6-8,10,14,16H,5,9,11H2,(H,18,19)(H,20,21). The first kappa shape index (κ1) is 14.5. The number of ether oxygens (including phenoxy) is 1. The number of carboxylic acid groups (broad SMARTS) is 1. The molecule has 1 aliphatic heterocycles. The number of carbonyl (C=O) groups is 1. The lowest BCUT2D eigenvalue weighted by Gasteiger charge is -2.25. The molecule has 114 valence electrons. The van der Waals surface area contributed by atoms with Crippen molar-refractivity contribution in [2.75, 3.05) is 11.9 Å². The molecule has 1 aromatic carbocycles. The van der Waals surface area contributed by atoms with Gasteiger partial charge in [-0.25, -0.2) is 9.78 Å². The Bertz CT molecular complexity index is 639. The molecule has 5 heteroatoms. The van der Waals surface area contributed by atoms with Crippen LogP contribution < -0.4 is 5.32 Å². The van der Waals surface area contributed by atoms with Crippen LogP contribution in [0.1, 0.15) is 34.9 Å². The van der Waals surface area contributed by atoms with Gasteiger partial charge in [0.25, 0.3) is 0 Å². The maximum absolute atomic E-state index is 11.1. The molecule has 2 unspecified atom stereocenters. The normalized spacial score (nSPS) is 18.8. The molecule has 0 radical (unpaired) electrons. The van der Waals surface area contributed by atoms with Crippen molar-refractivity contribution < 1.29 is 14.6 Å². The quantitative estimate of drug-likeness (QED) is 0.887. The average Bonchev–Trinajstić information content (AvgIpc) is 3.08. The van der Waals surface area contributed by atoms with E-state index in [2.05, 4.69) is 10.3 Å². The zero-order chi connectivity index (χ0) is 15.4. The zero-order valence-corrected chi connectivity index (χ0v) is 12.1. The minimum absolute atomic E-state index is 0.0316. The molecule has 5 nitrogen and oxygen atoms in total. The number of nitrogens with one attached hydrogen (secondary N) is 1. The van der Waals surface area contributed by atoms with E-state index in [1.165, 1.54) is 6.07 Å². The minimum atomic E-state index is -1.03. The molecule has 0 spiro atoms. The van der Waals surface area contributed by atoms with E-state index in [0.717, 1.165) is 25.0 Å². The summed E-state index contributed by atoms with van der Waals surface area (Å²) >= 11 is 0. The largest absolute Gasteiger partial charge is 0.477 e. The monoisotopic (exact) mass is 298 g/mol. The molecule has 0 saturated carbocycles. The maximum Gasteiger partial charge on any atom is 0.354 e. The topological polar surface area (TPSA) is 71.5 Å². The molecule has 0 bridgehead atoms. The van der Waals surface area contributed by atoms with E-state index in [4.69, 9.17) is 9.84 Å². The fraction of sp³-hybridized carbons (Fsp3) is 0.294. The maximum atomic E-state index is 11.1. The summed E-state index contributed by atoms with van der Waals surface area (Å²) in [5, 5.41) is 12.4. The van der Waals surface area contributed by atoms with Crippen LogP contribution in [0.4, 0.5) is 5.82 Å². The molecule has 22 heavy (non-hydrogen) atoms. The van der Waals surface area contributed by atoms with Crippen LogP contribution in [-0.2, 0) is 4.74 Å². The second kappa shape index (κ2) is 6.58. The fourth-order valence-corrected chi connectivity index (χ4v) is 2.71. The highest BCUT2D eigenvalue weighted by Gasteiger charge is 2.27. The number of aromatic nitrogens is 1. The second-order valence-electron chi connectivity index (χ2n) is 5.30. The van der Waals surface area contributed by atoms with E-state index >= 15 is 0 Å². The number of aromatic carboxylic acids is 1. The molecule has 0 aliphatic carbocycles. The summed E-state index contributed by atoms with van der Waals surface area (Å²) in [5.74, 6) is -0.485. The molecule has 3 rings (SSSR count). The van der Waals surface area contributed by atoms with Crippen molar-refractivity contribution in [1.82, 2.24) is 4.98 Å². The molecule has 2 atom stereocenters. The van der Waals surface area contributed by atoms with Gasteiger partial charge in [-0.15, -0.1) is 0 Å². The number of pyridine rings is 1. The van der Waals surface area contributed by atoms with Crippen molar-refractivity contribution in [3.63, 3.8) is 0 Å². The molecule has 2 aromatic rings. The molecule has 1 fully saturated rings. The van der Waals surface area contributed by atoms with Crippen LogP contribution in [0.5, 0.6) is 0 Å². The summed E-state index contributed by atoms with van der Waals surface area (Å²) in [7, 11) is 0. The van der Waals surface area contributed by atoms with Crippen molar-refractivity contribution in [3.05, 3.63) is 59.8 Å². The second-order valence-corrected chi connectivity index (χ2v) is 5.30. The Balaban J connectivity index is 1.86. The van der Waals surface area contributed by atoms with E-state index in [0.29, 0.717) is 5.82 Å². The summed E-state index contributed by atoms with van der Waals surface area (Å²) in [6.45, 7) is 0.762. The summed E-state index contributed by atoms with van der Waals surface area (Å²) in [4.78, 5) is 15.2. The number of rotatable bonds is 5. The number of nitrogens with zero attached hydrogens (tertiary/aromatic N) is 1. The van der Waals surface area contributed by atoms with Crippen molar-refractivity contribution in [3.8, 4) is 0 Å². The van der Waals surface area contributed by atoms with Gasteiger partial charge in [-0.1, -0.05) is 36.4 Å². The summed E-state index contributed by atoms with van der Waals surface area (Å²) < 4.78 is 5.81. The van der Waals surface area contributed by atoms with Gasteiger partial charge in [0.1, 0.15) is 5.82 Å². The Morgan fingerprint density at radius 3 is 2.73 bits per heavy atom. The van der Waals surface area contributed by atoms with Crippen molar-refractivity contribution in [2.24, 2.45) is 0 Å². The van der Waals surface area contributed by atoms with Gasteiger partial charge in [0.2, 0.25) is 0 Å². The van der Waals surface area contributed by atoms with E-state index in [1.807, 2.05) is 30.3 Å². The predicted molar refractivity (Wildman–Crippen MR) is 83.0 cm³/mol. The Labute approximate surface area is 129 Å². The first-order chi connectivity index (χ1) is 10.7. The lowest BCUT2D eigenvalue weighted by molar-refractivity contribution is 0.0690. The van der Waals surface area contributed by atoms with E-state index in [9.17, 15) is 4.79 Å². The lowest BCUT2D eigenvalue weighted by Crippen LogP contribution is -2.25. The SMILES string of the molecule is O=C(O)c1cccc(NC(c2ccccc2)C2CCCO2)n1. The number of hydrogen-bond acceptors (Lipinski definition) is 4. The smallest absolute Gasteiger partial charge is 0.354 e. The Morgan fingerprint density at radius 2 is 2.05 bits per heavy atom. The minimum Gasteiger partial charge on any atom is -0.477 e. The molecule has 2 heterocycles. The summed E-state index contributed by atoms with van der Waals surface area (Å²) in [5.41, 5.74) is 1.14. The lowest BCUT2D eigenvalue weighted by atomic mass is 9.99. The number of anilines is 1. The molecule has 1 saturated heterocycles. The van der Waals surface area contributed by atoms with E-state index < -0.39 is 5.97 Å². The Morgan fingerprint density at radius 1 is 1.23 bits per heavy atom. The van der Waals surface area contributed by atoms with Gasteiger partial charge in [-0.2, -0.15) is 0 Å². The average molecular weight is 298 g/mol. The van der Waals surface area contributed by atoms with Crippen LogP contribution in [0.25, 0.3) is 0 Å². The first-order valence-electron chi connectivity index (χ1n) is 7.37. The predicted octanol–water partition coefficient (Wildman–Crippen LogP) is 3.11. The van der Waals surface area contributed by atoms with Crippen LogP contribution in [0.2, 0.25) is 0 Å². The summed E-state index contributed by atoms with van der Waals surface area (Å²) in [6.07, 6.45) is 2.08. The Hall–Kier alpha value is -2.40. The van der Waals surface area contributed by atoms with Gasteiger partial charge in [0, 0.05) is 6.61 Å². The third-order valence-electron chi connectivity index (χ3n) is 3.77. The van der Waals surface area contributed by atoms with Gasteiger partial charge in [-0.05, 0) is 30.5 Å². The number of hydrogen-bond donors (Lipinski definition) is 2. The van der Waals surface area contributed by atoms with Crippen LogP contribution >= 0.6 is 0 Å². The number of carboxylic acids is 1. The molecule has 1 aromatic heterocycles. The van der Waals surface area contributed by atoms with Crippen molar-refractivity contribution >= 4 is 11.8 Å². The van der Waals surface area contributed by atoms with Gasteiger partial charge < -0.3 is 15.2 Å². The summed E-state index contributed by atoms with van der Waals surface area (Å²) in [6, 6.07) is 14.9. The van der Waals surface area contributed by atoms with Crippen molar-refractivity contribution in [1.29, 1.82) is 0 Å².